The van der Waals surface area contributed by atoms with Crippen LogP contribution in [0.4, 0.5) is 18.9 Å². The number of hydrogen-bond acceptors (Lipinski definition) is 2. The fraction of sp³-hybridized carbons (Fsp3) is 0.533. The van der Waals surface area contributed by atoms with Crippen LogP contribution in [0.1, 0.15) is 37.8 Å². The number of anilines is 1. The molecule has 116 valence electrons. The maximum absolute atomic E-state index is 13.2. The Morgan fingerprint density at radius 1 is 1.38 bits per heavy atom. The van der Waals surface area contributed by atoms with Crippen LogP contribution in [0.15, 0.2) is 18.2 Å². The molecule has 0 aliphatic heterocycles. The number of halogens is 3. The molecule has 0 bridgehead atoms. The van der Waals surface area contributed by atoms with Gasteiger partial charge in [-0.3, -0.25) is 0 Å². The lowest BCUT2D eigenvalue weighted by Crippen LogP contribution is -2.30. The lowest BCUT2D eigenvalue weighted by atomic mass is 10.0. The zero-order chi connectivity index (χ0) is 15.8. The molecule has 1 aromatic carbocycles. The van der Waals surface area contributed by atoms with Crippen molar-refractivity contribution in [3.05, 3.63) is 29.3 Å². The second kappa shape index (κ2) is 5.83. The number of alkyl halides is 3. The SMILES string of the molecule is CC(C)CN(c1ccc(C(N)=S)c(C(F)(F)F)c1)C1CC1. The third kappa shape index (κ3) is 3.87. The van der Waals surface area contributed by atoms with Crippen molar-refractivity contribution in [2.24, 2.45) is 11.7 Å². The van der Waals surface area contributed by atoms with Crippen LogP contribution in [0.5, 0.6) is 0 Å². The highest BCUT2D eigenvalue weighted by Crippen LogP contribution is 2.38. The van der Waals surface area contributed by atoms with Crippen molar-refractivity contribution in [3.8, 4) is 0 Å². The molecule has 1 fully saturated rings. The summed E-state index contributed by atoms with van der Waals surface area (Å²) in [5.74, 6) is 0.384. The molecule has 0 atom stereocenters. The Balaban J connectivity index is 2.42. The first-order valence-corrected chi connectivity index (χ1v) is 7.38. The van der Waals surface area contributed by atoms with E-state index in [4.69, 9.17) is 18.0 Å². The molecule has 0 saturated heterocycles. The first-order chi connectivity index (χ1) is 9.70. The largest absolute Gasteiger partial charge is 0.417 e. The molecule has 0 heterocycles. The van der Waals surface area contributed by atoms with Gasteiger partial charge in [-0.25, -0.2) is 0 Å². The fourth-order valence-corrected chi connectivity index (χ4v) is 2.58. The van der Waals surface area contributed by atoms with Gasteiger partial charge in [0.05, 0.1) is 5.56 Å². The van der Waals surface area contributed by atoms with Crippen LogP contribution in [0.3, 0.4) is 0 Å². The Kier molecular flexibility index (Phi) is 4.46. The Morgan fingerprint density at radius 2 is 2.00 bits per heavy atom. The number of benzene rings is 1. The Morgan fingerprint density at radius 3 is 2.43 bits per heavy atom. The minimum Gasteiger partial charge on any atom is -0.389 e. The normalized spacial score (nSPS) is 15.3. The number of thiocarbonyl (C=S) groups is 1. The van der Waals surface area contributed by atoms with Crippen LogP contribution in [0.2, 0.25) is 0 Å². The monoisotopic (exact) mass is 316 g/mol. The Bertz CT molecular complexity index is 536. The van der Waals surface area contributed by atoms with E-state index >= 15 is 0 Å². The number of nitrogens with zero attached hydrogens (tertiary/aromatic N) is 1. The van der Waals surface area contributed by atoms with Gasteiger partial charge in [0.25, 0.3) is 0 Å². The molecule has 0 radical (unpaired) electrons. The quantitative estimate of drug-likeness (QED) is 0.834. The number of hydrogen-bond donors (Lipinski definition) is 1. The molecule has 1 aliphatic rings. The van der Waals surface area contributed by atoms with Crippen LogP contribution >= 0.6 is 12.2 Å². The molecule has 21 heavy (non-hydrogen) atoms. The fourth-order valence-electron chi connectivity index (χ4n) is 2.41. The van der Waals surface area contributed by atoms with E-state index in [1.807, 2.05) is 0 Å². The smallest absolute Gasteiger partial charge is 0.389 e. The number of nitrogens with two attached hydrogens (primary N) is 1. The summed E-state index contributed by atoms with van der Waals surface area (Å²) in [5.41, 5.74) is 5.15. The molecule has 0 amide bonds. The summed E-state index contributed by atoms with van der Waals surface area (Å²) in [4.78, 5) is 1.83. The zero-order valence-corrected chi connectivity index (χ0v) is 12.9. The van der Waals surface area contributed by atoms with Gasteiger partial charge < -0.3 is 10.6 Å². The summed E-state index contributed by atoms with van der Waals surface area (Å²) in [6.07, 6.45) is -2.39. The first-order valence-electron chi connectivity index (χ1n) is 6.98. The van der Waals surface area contributed by atoms with Crippen molar-refractivity contribution in [1.29, 1.82) is 0 Å². The summed E-state index contributed by atoms with van der Waals surface area (Å²) in [6.45, 7) is 4.86. The Hall–Kier alpha value is -1.30. The van der Waals surface area contributed by atoms with E-state index in [0.717, 1.165) is 19.4 Å². The Labute approximate surface area is 128 Å². The second-order valence-electron chi connectivity index (χ2n) is 5.87. The molecule has 0 unspecified atom stereocenters. The summed E-state index contributed by atoms with van der Waals surface area (Å²) in [6, 6.07) is 4.60. The van der Waals surface area contributed by atoms with Crippen LogP contribution < -0.4 is 10.6 Å². The van der Waals surface area contributed by atoms with E-state index in [0.29, 0.717) is 17.6 Å². The van der Waals surface area contributed by atoms with Gasteiger partial charge in [-0.15, -0.1) is 0 Å². The lowest BCUT2D eigenvalue weighted by Gasteiger charge is -2.28. The van der Waals surface area contributed by atoms with Crippen LogP contribution in [0, 0.1) is 5.92 Å². The van der Waals surface area contributed by atoms with E-state index in [9.17, 15) is 13.2 Å². The van der Waals surface area contributed by atoms with E-state index in [1.165, 1.54) is 12.1 Å². The van der Waals surface area contributed by atoms with Crippen molar-refractivity contribution >= 4 is 22.9 Å². The molecule has 2 N–H and O–H groups in total. The van der Waals surface area contributed by atoms with Crippen molar-refractivity contribution in [2.75, 3.05) is 11.4 Å². The first kappa shape index (κ1) is 16.1. The topological polar surface area (TPSA) is 29.3 Å². The molecule has 1 aliphatic carbocycles. The lowest BCUT2D eigenvalue weighted by molar-refractivity contribution is -0.137. The van der Waals surface area contributed by atoms with Gasteiger partial charge in [-0.2, -0.15) is 13.2 Å². The van der Waals surface area contributed by atoms with Gasteiger partial charge in [0.15, 0.2) is 0 Å². The predicted octanol–water partition coefficient (Wildman–Crippen LogP) is 3.96. The van der Waals surface area contributed by atoms with Crippen LogP contribution in [-0.2, 0) is 6.18 Å². The average molecular weight is 316 g/mol. The van der Waals surface area contributed by atoms with Crippen LogP contribution in [0.25, 0.3) is 0 Å². The summed E-state index contributed by atoms with van der Waals surface area (Å²) in [7, 11) is 0. The van der Waals surface area contributed by atoms with E-state index in [1.54, 1.807) is 6.07 Å². The molecular formula is C15H19F3N2S. The maximum Gasteiger partial charge on any atom is 0.417 e. The molecular weight excluding hydrogens is 297 g/mol. The minimum absolute atomic E-state index is 0.110. The molecule has 1 aromatic rings. The highest BCUT2D eigenvalue weighted by molar-refractivity contribution is 7.80. The van der Waals surface area contributed by atoms with Gasteiger partial charge in [-0.05, 0) is 37.0 Å². The maximum atomic E-state index is 13.2. The van der Waals surface area contributed by atoms with Gasteiger partial charge in [0.2, 0.25) is 0 Å². The van der Waals surface area contributed by atoms with E-state index < -0.39 is 11.7 Å². The molecule has 0 spiro atoms. The van der Waals surface area contributed by atoms with Gasteiger partial charge in [-0.1, -0.05) is 26.1 Å². The predicted molar refractivity (Wildman–Crippen MR) is 82.5 cm³/mol. The van der Waals surface area contributed by atoms with Gasteiger partial charge in [0.1, 0.15) is 4.99 Å². The third-order valence-corrected chi connectivity index (χ3v) is 3.68. The molecule has 2 nitrogen and oxygen atoms in total. The summed E-state index contributed by atoms with van der Waals surface area (Å²) >= 11 is 4.73. The van der Waals surface area contributed by atoms with E-state index in [2.05, 4.69) is 18.7 Å². The zero-order valence-electron chi connectivity index (χ0n) is 12.1. The van der Waals surface area contributed by atoms with Crippen molar-refractivity contribution < 1.29 is 13.2 Å². The molecule has 6 heteroatoms. The van der Waals surface area contributed by atoms with Gasteiger partial charge >= 0.3 is 6.18 Å². The summed E-state index contributed by atoms with van der Waals surface area (Å²) < 4.78 is 39.6. The standard InChI is InChI=1S/C15H19F3N2S/c1-9(2)8-20(10-3-4-10)11-5-6-12(14(19)21)13(7-11)15(16,17)18/h5-7,9-10H,3-4,8H2,1-2H3,(H2,19,21). The molecule has 0 aromatic heterocycles. The van der Waals surface area contributed by atoms with Crippen molar-refractivity contribution in [2.45, 2.75) is 38.9 Å². The third-order valence-electron chi connectivity index (χ3n) is 3.46. The molecule has 2 rings (SSSR count). The summed E-state index contributed by atoms with van der Waals surface area (Å²) in [5, 5.41) is 0. The molecule has 1 saturated carbocycles. The van der Waals surface area contributed by atoms with Crippen molar-refractivity contribution in [3.63, 3.8) is 0 Å². The van der Waals surface area contributed by atoms with Gasteiger partial charge in [0, 0.05) is 23.8 Å². The number of rotatable bonds is 5. The van der Waals surface area contributed by atoms with Crippen LogP contribution in [-0.4, -0.2) is 17.6 Å². The van der Waals surface area contributed by atoms with E-state index in [-0.39, 0.29) is 10.6 Å². The average Bonchev–Trinajstić information content (AvgIpc) is 3.18. The second-order valence-corrected chi connectivity index (χ2v) is 6.31. The minimum atomic E-state index is -4.46. The highest BCUT2D eigenvalue weighted by Gasteiger charge is 2.36. The van der Waals surface area contributed by atoms with Crippen molar-refractivity contribution in [1.82, 2.24) is 0 Å². The highest BCUT2D eigenvalue weighted by atomic mass is 32.1.